The van der Waals surface area contributed by atoms with Crippen LogP contribution in [-0.4, -0.2) is 26.4 Å². The van der Waals surface area contributed by atoms with E-state index in [1.54, 1.807) is 6.07 Å². The number of anilines is 1. The molecule has 3 N–H and O–H groups in total. The van der Waals surface area contributed by atoms with E-state index in [4.69, 9.17) is 9.88 Å². The number of hydrogen-bond acceptors (Lipinski definition) is 5. The molecule has 0 saturated heterocycles. The molecule has 0 unspecified atom stereocenters. The van der Waals surface area contributed by atoms with Gasteiger partial charge in [-0.25, -0.2) is 22.7 Å². The van der Waals surface area contributed by atoms with Crippen molar-refractivity contribution in [3.05, 3.63) is 66.0 Å². The summed E-state index contributed by atoms with van der Waals surface area (Å²) in [6.45, 7) is 1.34. The number of rotatable bonds is 6. The molecule has 0 radical (unpaired) electrons. The molecule has 1 atom stereocenters. The molecule has 9 heteroatoms. The predicted molar refractivity (Wildman–Crippen MR) is 97.4 cm³/mol. The summed E-state index contributed by atoms with van der Waals surface area (Å²) in [5, 5.41) is 7.45. The van der Waals surface area contributed by atoms with Gasteiger partial charge in [-0.05, 0) is 37.3 Å². The Morgan fingerprint density at radius 1 is 1.19 bits per heavy atom. The number of ether oxygens (including phenoxy) is 1. The molecule has 0 aliphatic carbocycles. The average molecular weight is 392 g/mol. The summed E-state index contributed by atoms with van der Waals surface area (Å²) < 4.78 is 41.1. The maximum absolute atomic E-state index is 13.5. The molecular weight excluding hydrogens is 375 g/mol. The van der Waals surface area contributed by atoms with Crippen molar-refractivity contribution in [2.24, 2.45) is 5.14 Å². The van der Waals surface area contributed by atoms with Crippen molar-refractivity contribution < 1.29 is 27.1 Å². The standard InChI is InChI=1S/C18H17FN2O5S/c1-12(26-17(22)10-9-13-5-2-3-8-16(13)19)18(23)21-14-6-4-7-15(11-14)27(20,24)25/h2-12H,1H3,(H,21,23)(H2,20,24,25)/b10-9+/t12-/m1/s1. The summed E-state index contributed by atoms with van der Waals surface area (Å²) in [5.74, 6) is -2.00. The Labute approximate surface area is 155 Å². The van der Waals surface area contributed by atoms with Crippen molar-refractivity contribution >= 4 is 33.7 Å². The van der Waals surface area contributed by atoms with Crippen LogP contribution in [0.3, 0.4) is 0 Å². The second kappa shape index (κ2) is 8.56. The monoisotopic (exact) mass is 392 g/mol. The molecule has 1 amide bonds. The van der Waals surface area contributed by atoms with E-state index in [1.165, 1.54) is 55.5 Å². The number of nitrogens with one attached hydrogen (secondary N) is 1. The number of halogens is 1. The number of carbonyl (C=O) groups is 2. The Morgan fingerprint density at radius 3 is 2.56 bits per heavy atom. The van der Waals surface area contributed by atoms with Gasteiger partial charge in [0, 0.05) is 17.3 Å². The predicted octanol–water partition coefficient (Wildman–Crippen LogP) is 2.06. The molecule has 0 aliphatic heterocycles. The minimum absolute atomic E-state index is 0.169. The fourth-order valence-corrected chi connectivity index (χ4v) is 2.59. The Morgan fingerprint density at radius 2 is 1.89 bits per heavy atom. The SMILES string of the molecule is C[C@@H](OC(=O)/C=C/c1ccccc1F)C(=O)Nc1cccc(S(N)(=O)=O)c1. The molecule has 2 aromatic carbocycles. The lowest BCUT2D eigenvalue weighted by atomic mass is 10.2. The number of esters is 1. The molecule has 142 valence electrons. The second-order valence-electron chi connectivity index (χ2n) is 5.50. The number of carbonyl (C=O) groups excluding carboxylic acids is 2. The third-order valence-electron chi connectivity index (χ3n) is 3.40. The third kappa shape index (κ3) is 6.01. The van der Waals surface area contributed by atoms with Crippen LogP contribution in [0.2, 0.25) is 0 Å². The topological polar surface area (TPSA) is 116 Å². The summed E-state index contributed by atoms with van der Waals surface area (Å²) in [6, 6.07) is 11.2. The Bertz CT molecular complexity index is 989. The molecule has 7 nitrogen and oxygen atoms in total. The number of primary sulfonamides is 1. The molecule has 27 heavy (non-hydrogen) atoms. The lowest BCUT2D eigenvalue weighted by molar-refractivity contribution is -0.148. The molecule has 0 saturated carbocycles. The maximum atomic E-state index is 13.5. The summed E-state index contributed by atoms with van der Waals surface area (Å²) in [4.78, 5) is 23.7. The minimum atomic E-state index is -3.91. The van der Waals surface area contributed by atoms with Crippen LogP contribution in [0.5, 0.6) is 0 Å². The van der Waals surface area contributed by atoms with Crippen LogP contribution in [0.15, 0.2) is 59.5 Å². The highest BCUT2D eigenvalue weighted by Gasteiger charge is 2.17. The quantitative estimate of drug-likeness (QED) is 0.577. The van der Waals surface area contributed by atoms with Crippen LogP contribution < -0.4 is 10.5 Å². The van der Waals surface area contributed by atoms with Gasteiger partial charge in [0.2, 0.25) is 10.0 Å². The average Bonchev–Trinajstić information content (AvgIpc) is 2.60. The highest BCUT2D eigenvalue weighted by molar-refractivity contribution is 7.89. The van der Waals surface area contributed by atoms with Crippen LogP contribution in [0, 0.1) is 5.82 Å². The molecule has 0 bridgehead atoms. The Hall–Kier alpha value is -3.04. The van der Waals surface area contributed by atoms with E-state index in [2.05, 4.69) is 5.32 Å². The highest BCUT2D eigenvalue weighted by atomic mass is 32.2. The van der Waals surface area contributed by atoms with E-state index in [0.717, 1.165) is 6.08 Å². The number of sulfonamides is 1. The van der Waals surface area contributed by atoms with Crippen molar-refractivity contribution in [3.63, 3.8) is 0 Å². The lowest BCUT2D eigenvalue weighted by Crippen LogP contribution is -2.29. The molecular formula is C18H17FN2O5S. The molecule has 0 spiro atoms. The van der Waals surface area contributed by atoms with Gasteiger partial charge in [-0.3, -0.25) is 4.79 Å². The van der Waals surface area contributed by atoms with E-state index in [-0.39, 0.29) is 16.1 Å². The summed E-state index contributed by atoms with van der Waals surface area (Å²) >= 11 is 0. The van der Waals surface area contributed by atoms with Gasteiger partial charge < -0.3 is 10.1 Å². The normalized spacial score (nSPS) is 12.6. The zero-order chi connectivity index (χ0) is 20.0. The number of benzene rings is 2. The van der Waals surface area contributed by atoms with Crippen LogP contribution in [-0.2, 0) is 24.3 Å². The van der Waals surface area contributed by atoms with Crippen molar-refractivity contribution in [2.75, 3.05) is 5.32 Å². The fraction of sp³-hybridized carbons (Fsp3) is 0.111. The summed E-state index contributed by atoms with van der Waals surface area (Å²) in [6.07, 6.45) is 1.07. The first-order chi connectivity index (χ1) is 12.7. The first-order valence-electron chi connectivity index (χ1n) is 7.74. The fourth-order valence-electron chi connectivity index (χ4n) is 2.03. The number of hydrogen-bond donors (Lipinski definition) is 2. The van der Waals surface area contributed by atoms with E-state index >= 15 is 0 Å². The van der Waals surface area contributed by atoms with Crippen LogP contribution >= 0.6 is 0 Å². The van der Waals surface area contributed by atoms with Gasteiger partial charge >= 0.3 is 5.97 Å². The van der Waals surface area contributed by atoms with Gasteiger partial charge in [-0.2, -0.15) is 0 Å². The van der Waals surface area contributed by atoms with Crippen LogP contribution in [0.1, 0.15) is 12.5 Å². The van der Waals surface area contributed by atoms with Gasteiger partial charge in [0.15, 0.2) is 6.10 Å². The molecule has 0 aliphatic rings. The van der Waals surface area contributed by atoms with E-state index < -0.39 is 33.8 Å². The smallest absolute Gasteiger partial charge is 0.331 e. The van der Waals surface area contributed by atoms with Gasteiger partial charge in [-0.1, -0.05) is 24.3 Å². The van der Waals surface area contributed by atoms with E-state index in [0.29, 0.717) is 0 Å². The number of nitrogens with two attached hydrogens (primary N) is 1. The summed E-state index contributed by atoms with van der Waals surface area (Å²) in [7, 11) is -3.91. The molecule has 2 rings (SSSR count). The second-order valence-corrected chi connectivity index (χ2v) is 7.06. The molecule has 0 aromatic heterocycles. The zero-order valence-corrected chi connectivity index (χ0v) is 15.1. The van der Waals surface area contributed by atoms with Crippen LogP contribution in [0.4, 0.5) is 10.1 Å². The van der Waals surface area contributed by atoms with Gasteiger partial charge in [0.1, 0.15) is 5.82 Å². The highest BCUT2D eigenvalue weighted by Crippen LogP contribution is 2.15. The van der Waals surface area contributed by atoms with E-state index in [9.17, 15) is 22.4 Å². The van der Waals surface area contributed by atoms with Gasteiger partial charge in [0.05, 0.1) is 4.90 Å². The van der Waals surface area contributed by atoms with Crippen molar-refractivity contribution in [1.29, 1.82) is 0 Å². The first kappa shape index (κ1) is 20.3. The number of amides is 1. The zero-order valence-electron chi connectivity index (χ0n) is 14.3. The maximum Gasteiger partial charge on any atom is 0.331 e. The minimum Gasteiger partial charge on any atom is -0.449 e. The Kier molecular flexibility index (Phi) is 6.43. The third-order valence-corrected chi connectivity index (χ3v) is 4.31. The van der Waals surface area contributed by atoms with Crippen LogP contribution in [0.25, 0.3) is 6.08 Å². The molecule has 0 heterocycles. The largest absolute Gasteiger partial charge is 0.449 e. The van der Waals surface area contributed by atoms with Crippen molar-refractivity contribution in [1.82, 2.24) is 0 Å². The molecule has 2 aromatic rings. The van der Waals surface area contributed by atoms with Crippen molar-refractivity contribution in [2.45, 2.75) is 17.9 Å². The van der Waals surface area contributed by atoms with Gasteiger partial charge in [-0.15, -0.1) is 0 Å². The van der Waals surface area contributed by atoms with Crippen molar-refractivity contribution in [3.8, 4) is 0 Å². The first-order valence-corrected chi connectivity index (χ1v) is 9.28. The molecule has 0 fully saturated rings. The van der Waals surface area contributed by atoms with E-state index in [1.807, 2.05) is 0 Å². The van der Waals surface area contributed by atoms with Gasteiger partial charge in [0.25, 0.3) is 5.91 Å². The summed E-state index contributed by atoms with van der Waals surface area (Å²) in [5.41, 5.74) is 0.377. The Balaban J connectivity index is 1.97. The lowest BCUT2D eigenvalue weighted by Gasteiger charge is -2.12.